The second kappa shape index (κ2) is 4.59. The Balaban J connectivity index is 1.93. The molecule has 0 aromatic carbocycles. The summed E-state index contributed by atoms with van der Waals surface area (Å²) in [5, 5.41) is 12.6. The lowest BCUT2D eigenvalue weighted by Gasteiger charge is -2.12. The molecule has 0 fully saturated rings. The number of thiophene rings is 1. The van der Waals surface area contributed by atoms with E-state index in [1.165, 1.54) is 10.4 Å². The molecule has 0 saturated heterocycles. The number of hydrogen-bond donors (Lipinski definition) is 2. The van der Waals surface area contributed by atoms with Crippen LogP contribution in [0.5, 0.6) is 0 Å². The van der Waals surface area contributed by atoms with Gasteiger partial charge in [-0.3, -0.25) is 5.10 Å². The fourth-order valence-corrected chi connectivity index (χ4v) is 2.23. The maximum Gasteiger partial charge on any atom is 0.0537 e. The van der Waals surface area contributed by atoms with Crippen LogP contribution in [0.3, 0.4) is 0 Å². The molecule has 0 saturated carbocycles. The molecule has 2 N–H and O–H groups in total. The van der Waals surface area contributed by atoms with Gasteiger partial charge >= 0.3 is 0 Å². The third-order valence-corrected chi connectivity index (χ3v) is 3.37. The van der Waals surface area contributed by atoms with Gasteiger partial charge in [0.2, 0.25) is 0 Å². The van der Waals surface area contributed by atoms with Crippen LogP contribution < -0.4 is 5.32 Å². The summed E-state index contributed by atoms with van der Waals surface area (Å²) in [6.45, 7) is 5.13. The van der Waals surface area contributed by atoms with Gasteiger partial charge in [-0.1, -0.05) is 6.07 Å². The molecule has 3 nitrogen and oxygen atoms in total. The molecule has 0 amide bonds. The fourth-order valence-electron chi connectivity index (χ4n) is 1.57. The molecule has 0 spiro atoms. The van der Waals surface area contributed by atoms with Gasteiger partial charge in [-0.2, -0.15) is 5.10 Å². The Morgan fingerprint density at radius 1 is 1.60 bits per heavy atom. The van der Waals surface area contributed by atoms with Crippen LogP contribution in [0.15, 0.2) is 23.7 Å². The number of aromatic amines is 1. The van der Waals surface area contributed by atoms with E-state index in [9.17, 15) is 0 Å². The molecule has 2 rings (SSSR count). The number of aromatic nitrogens is 2. The van der Waals surface area contributed by atoms with Crippen LogP contribution in [0.4, 0.5) is 0 Å². The number of hydrogen-bond acceptors (Lipinski definition) is 3. The van der Waals surface area contributed by atoms with E-state index in [1.54, 1.807) is 11.3 Å². The maximum absolute atomic E-state index is 4.03. The summed E-state index contributed by atoms with van der Waals surface area (Å²) in [7, 11) is 0. The van der Waals surface area contributed by atoms with E-state index in [4.69, 9.17) is 0 Å². The molecule has 2 aromatic heterocycles. The van der Waals surface area contributed by atoms with Crippen LogP contribution in [0.2, 0.25) is 0 Å². The highest BCUT2D eigenvalue weighted by Gasteiger charge is 2.09. The Morgan fingerprint density at radius 3 is 3.07 bits per heavy atom. The smallest absolute Gasteiger partial charge is 0.0537 e. The minimum Gasteiger partial charge on any atom is -0.305 e. The average Bonchev–Trinajstić information content (AvgIpc) is 2.84. The lowest BCUT2D eigenvalue weighted by molar-refractivity contribution is 0.576. The quantitative estimate of drug-likeness (QED) is 0.833. The SMILES string of the molecule is Cc1[nH]ncc1C(C)NCc1cccs1. The molecule has 0 radical (unpaired) electrons. The second-order valence-electron chi connectivity index (χ2n) is 3.63. The molecule has 2 aromatic rings. The lowest BCUT2D eigenvalue weighted by Crippen LogP contribution is -2.17. The van der Waals surface area contributed by atoms with Crippen molar-refractivity contribution in [1.29, 1.82) is 0 Å². The van der Waals surface area contributed by atoms with Crippen molar-refractivity contribution in [3.8, 4) is 0 Å². The molecular weight excluding hydrogens is 206 g/mol. The van der Waals surface area contributed by atoms with Crippen molar-refractivity contribution < 1.29 is 0 Å². The zero-order chi connectivity index (χ0) is 10.7. The maximum atomic E-state index is 4.03. The Morgan fingerprint density at radius 2 is 2.47 bits per heavy atom. The van der Waals surface area contributed by atoms with Crippen molar-refractivity contribution >= 4 is 11.3 Å². The molecule has 1 unspecified atom stereocenters. The molecule has 0 aliphatic heterocycles. The number of H-pyrrole nitrogens is 1. The second-order valence-corrected chi connectivity index (χ2v) is 4.66. The first-order chi connectivity index (χ1) is 7.27. The number of nitrogens with one attached hydrogen (secondary N) is 2. The summed E-state index contributed by atoms with van der Waals surface area (Å²) in [5.41, 5.74) is 2.38. The van der Waals surface area contributed by atoms with Crippen molar-refractivity contribution in [1.82, 2.24) is 15.5 Å². The predicted octanol–water partition coefficient (Wildman–Crippen LogP) is 2.63. The van der Waals surface area contributed by atoms with E-state index < -0.39 is 0 Å². The van der Waals surface area contributed by atoms with E-state index in [1.807, 2.05) is 13.1 Å². The van der Waals surface area contributed by atoms with Gasteiger partial charge in [0.15, 0.2) is 0 Å². The summed E-state index contributed by atoms with van der Waals surface area (Å²) in [4.78, 5) is 1.36. The lowest BCUT2D eigenvalue weighted by atomic mass is 10.1. The highest BCUT2D eigenvalue weighted by Crippen LogP contribution is 2.16. The summed E-state index contributed by atoms with van der Waals surface area (Å²) >= 11 is 1.78. The Kier molecular flexibility index (Phi) is 3.18. The zero-order valence-corrected chi connectivity index (χ0v) is 9.77. The first kappa shape index (κ1) is 10.4. The topological polar surface area (TPSA) is 40.7 Å². The van der Waals surface area contributed by atoms with Crippen molar-refractivity contribution in [2.24, 2.45) is 0 Å². The van der Waals surface area contributed by atoms with Gasteiger partial charge in [-0.05, 0) is 25.3 Å². The van der Waals surface area contributed by atoms with E-state index in [2.05, 4.69) is 40.0 Å². The fraction of sp³-hybridized carbons (Fsp3) is 0.364. The van der Waals surface area contributed by atoms with Crippen molar-refractivity contribution in [3.63, 3.8) is 0 Å². The standard InChI is InChI=1S/C11H15N3S/c1-8(11-7-13-14-9(11)2)12-6-10-4-3-5-15-10/h3-5,7-8,12H,6H2,1-2H3,(H,13,14). The van der Waals surface area contributed by atoms with Crippen LogP contribution in [0.1, 0.15) is 29.1 Å². The van der Waals surface area contributed by atoms with Gasteiger partial charge in [0, 0.05) is 28.7 Å². The average molecular weight is 221 g/mol. The molecule has 80 valence electrons. The van der Waals surface area contributed by atoms with Gasteiger partial charge in [0.1, 0.15) is 0 Å². The Bertz CT molecular complexity index is 405. The predicted molar refractivity (Wildman–Crippen MR) is 62.9 cm³/mol. The largest absolute Gasteiger partial charge is 0.305 e. The zero-order valence-electron chi connectivity index (χ0n) is 8.95. The van der Waals surface area contributed by atoms with Crippen LogP contribution in [-0.4, -0.2) is 10.2 Å². The van der Waals surface area contributed by atoms with Crippen molar-refractivity contribution in [2.75, 3.05) is 0 Å². The Labute approximate surface area is 93.5 Å². The summed E-state index contributed by atoms with van der Waals surface area (Å²) in [6, 6.07) is 4.56. The van der Waals surface area contributed by atoms with Crippen molar-refractivity contribution in [2.45, 2.75) is 26.4 Å². The molecule has 1 atom stereocenters. The highest BCUT2D eigenvalue weighted by atomic mass is 32.1. The van der Waals surface area contributed by atoms with Crippen LogP contribution in [0.25, 0.3) is 0 Å². The number of nitrogens with zero attached hydrogens (tertiary/aromatic N) is 1. The van der Waals surface area contributed by atoms with E-state index >= 15 is 0 Å². The van der Waals surface area contributed by atoms with E-state index in [0.29, 0.717) is 6.04 Å². The van der Waals surface area contributed by atoms with Crippen LogP contribution >= 0.6 is 11.3 Å². The third kappa shape index (κ3) is 2.46. The van der Waals surface area contributed by atoms with Crippen LogP contribution in [0, 0.1) is 6.92 Å². The summed E-state index contributed by atoms with van der Waals surface area (Å²) in [6.07, 6.45) is 1.89. The molecule has 0 bridgehead atoms. The Hall–Kier alpha value is -1.13. The monoisotopic (exact) mass is 221 g/mol. The van der Waals surface area contributed by atoms with Gasteiger partial charge < -0.3 is 5.32 Å². The van der Waals surface area contributed by atoms with Crippen molar-refractivity contribution in [3.05, 3.63) is 39.8 Å². The van der Waals surface area contributed by atoms with E-state index in [0.717, 1.165) is 12.2 Å². The molecule has 2 heterocycles. The molecule has 15 heavy (non-hydrogen) atoms. The van der Waals surface area contributed by atoms with Gasteiger partial charge in [0.05, 0.1) is 6.20 Å². The van der Waals surface area contributed by atoms with Crippen LogP contribution in [-0.2, 0) is 6.54 Å². The molecule has 0 aliphatic carbocycles. The summed E-state index contributed by atoms with van der Waals surface area (Å²) < 4.78 is 0. The first-order valence-corrected chi connectivity index (χ1v) is 5.91. The number of aryl methyl sites for hydroxylation is 1. The third-order valence-electron chi connectivity index (χ3n) is 2.50. The molecular formula is C11H15N3S. The summed E-state index contributed by atoms with van der Waals surface area (Å²) in [5.74, 6) is 0. The van der Waals surface area contributed by atoms with Gasteiger partial charge in [-0.25, -0.2) is 0 Å². The highest BCUT2D eigenvalue weighted by molar-refractivity contribution is 7.09. The normalized spacial score (nSPS) is 12.9. The minimum absolute atomic E-state index is 0.339. The first-order valence-electron chi connectivity index (χ1n) is 5.03. The van der Waals surface area contributed by atoms with E-state index in [-0.39, 0.29) is 0 Å². The van der Waals surface area contributed by atoms with Gasteiger partial charge in [-0.15, -0.1) is 11.3 Å². The minimum atomic E-state index is 0.339. The molecule has 0 aliphatic rings. The number of rotatable bonds is 4. The molecule has 4 heteroatoms. The van der Waals surface area contributed by atoms with Gasteiger partial charge in [0.25, 0.3) is 0 Å².